The van der Waals surface area contributed by atoms with Crippen LogP contribution >= 0.6 is 0 Å². The second-order valence-electron chi connectivity index (χ2n) is 3.66. The molecule has 2 heterocycles. The van der Waals surface area contributed by atoms with Gasteiger partial charge in [0.1, 0.15) is 17.1 Å². The van der Waals surface area contributed by atoms with Gasteiger partial charge in [0.2, 0.25) is 0 Å². The molecule has 0 aliphatic heterocycles. The Kier molecular flexibility index (Phi) is 3.92. The molecule has 0 bridgehead atoms. The predicted molar refractivity (Wildman–Crippen MR) is 68.9 cm³/mol. The number of H-pyrrole nitrogens is 1. The molecule has 0 atom stereocenters. The molecule has 0 spiro atoms. The largest absolute Gasteiger partial charge is 0.462 e. The van der Waals surface area contributed by atoms with E-state index in [-0.39, 0.29) is 23.9 Å². The Morgan fingerprint density at radius 1 is 1.37 bits per heavy atom. The van der Waals surface area contributed by atoms with Crippen molar-refractivity contribution in [1.29, 1.82) is 0 Å². The first-order chi connectivity index (χ1) is 9.22. The number of carbonyl (C=O) groups is 2. The number of pyridine rings is 1. The number of nitrogens with one attached hydrogen (secondary N) is 2. The molecule has 98 valence electrons. The number of ether oxygens (including phenoxy) is 1. The molecule has 2 rings (SSSR count). The molecular weight excluding hydrogens is 246 g/mol. The van der Waals surface area contributed by atoms with Gasteiger partial charge in [-0.05, 0) is 31.2 Å². The van der Waals surface area contributed by atoms with Gasteiger partial charge >= 0.3 is 5.97 Å². The van der Waals surface area contributed by atoms with Gasteiger partial charge in [-0.2, -0.15) is 0 Å². The van der Waals surface area contributed by atoms with Crippen molar-refractivity contribution in [3.8, 4) is 0 Å². The van der Waals surface area contributed by atoms with E-state index >= 15 is 0 Å². The van der Waals surface area contributed by atoms with Gasteiger partial charge in [-0.25, -0.2) is 9.78 Å². The van der Waals surface area contributed by atoms with E-state index in [1.54, 1.807) is 37.4 Å². The summed E-state index contributed by atoms with van der Waals surface area (Å²) in [4.78, 5) is 30.3. The Balaban J connectivity index is 2.21. The van der Waals surface area contributed by atoms with E-state index in [0.29, 0.717) is 5.69 Å². The van der Waals surface area contributed by atoms with Gasteiger partial charge < -0.3 is 15.0 Å². The first kappa shape index (κ1) is 12.8. The monoisotopic (exact) mass is 259 g/mol. The molecule has 6 heteroatoms. The number of esters is 1. The first-order valence-corrected chi connectivity index (χ1v) is 5.79. The van der Waals surface area contributed by atoms with Crippen LogP contribution in [0.4, 0.5) is 5.82 Å². The highest BCUT2D eigenvalue weighted by molar-refractivity contribution is 6.06. The van der Waals surface area contributed by atoms with Crippen molar-refractivity contribution in [2.75, 3.05) is 11.9 Å². The minimum atomic E-state index is -0.516. The summed E-state index contributed by atoms with van der Waals surface area (Å²) in [6.07, 6.45) is 3.13. The number of amides is 1. The second-order valence-corrected chi connectivity index (χ2v) is 3.66. The van der Waals surface area contributed by atoms with Crippen molar-refractivity contribution >= 4 is 17.7 Å². The zero-order chi connectivity index (χ0) is 13.7. The van der Waals surface area contributed by atoms with Crippen molar-refractivity contribution in [3.63, 3.8) is 0 Å². The number of hydrogen-bond donors (Lipinski definition) is 2. The average molecular weight is 259 g/mol. The van der Waals surface area contributed by atoms with Crippen LogP contribution in [0.25, 0.3) is 0 Å². The molecule has 0 aromatic carbocycles. The SMILES string of the molecule is CCOC(=O)c1cccnc1NC(=O)c1ccc[nH]1. The fourth-order valence-corrected chi connectivity index (χ4v) is 1.52. The van der Waals surface area contributed by atoms with E-state index in [2.05, 4.69) is 15.3 Å². The lowest BCUT2D eigenvalue weighted by atomic mass is 10.2. The number of aromatic nitrogens is 2. The third-order valence-corrected chi connectivity index (χ3v) is 2.38. The minimum absolute atomic E-state index is 0.181. The Bertz CT molecular complexity index is 579. The van der Waals surface area contributed by atoms with Crippen molar-refractivity contribution in [3.05, 3.63) is 47.9 Å². The summed E-state index contributed by atoms with van der Waals surface area (Å²) in [5.74, 6) is -0.702. The van der Waals surface area contributed by atoms with Gasteiger partial charge in [-0.15, -0.1) is 0 Å². The third-order valence-electron chi connectivity index (χ3n) is 2.38. The summed E-state index contributed by atoms with van der Waals surface area (Å²) in [5.41, 5.74) is 0.615. The molecule has 0 fully saturated rings. The Morgan fingerprint density at radius 2 is 2.21 bits per heavy atom. The highest BCUT2D eigenvalue weighted by atomic mass is 16.5. The van der Waals surface area contributed by atoms with E-state index in [1.165, 1.54) is 6.20 Å². The summed E-state index contributed by atoms with van der Waals surface area (Å²) in [5, 5.41) is 2.57. The average Bonchev–Trinajstić information content (AvgIpc) is 2.93. The van der Waals surface area contributed by atoms with Crippen molar-refractivity contribution < 1.29 is 14.3 Å². The number of carbonyl (C=O) groups excluding carboxylic acids is 2. The number of nitrogens with zero attached hydrogens (tertiary/aromatic N) is 1. The molecule has 19 heavy (non-hydrogen) atoms. The lowest BCUT2D eigenvalue weighted by Crippen LogP contribution is -2.17. The second kappa shape index (κ2) is 5.81. The molecular formula is C13H13N3O3. The Morgan fingerprint density at radius 3 is 2.89 bits per heavy atom. The fraction of sp³-hybridized carbons (Fsp3) is 0.154. The summed E-state index contributed by atoms with van der Waals surface area (Å²) in [6.45, 7) is 1.98. The standard InChI is InChI=1S/C13H13N3O3/c1-2-19-13(18)9-5-3-8-15-11(9)16-12(17)10-6-4-7-14-10/h3-8,14H,2H2,1H3,(H,15,16,17). The zero-order valence-corrected chi connectivity index (χ0v) is 10.3. The van der Waals surface area contributed by atoms with Crippen molar-refractivity contribution in [1.82, 2.24) is 9.97 Å². The van der Waals surface area contributed by atoms with Gasteiger partial charge in [-0.3, -0.25) is 4.79 Å². The maximum absolute atomic E-state index is 11.9. The van der Waals surface area contributed by atoms with Crippen LogP contribution in [0.15, 0.2) is 36.7 Å². The predicted octanol–water partition coefficient (Wildman–Crippen LogP) is 1.84. The van der Waals surface area contributed by atoms with Crippen LogP contribution in [0.5, 0.6) is 0 Å². The Labute approximate surface area is 109 Å². The van der Waals surface area contributed by atoms with Crippen molar-refractivity contribution in [2.45, 2.75) is 6.92 Å². The summed E-state index contributed by atoms with van der Waals surface area (Å²) in [7, 11) is 0. The van der Waals surface area contributed by atoms with E-state index in [0.717, 1.165) is 0 Å². The smallest absolute Gasteiger partial charge is 0.341 e. The van der Waals surface area contributed by atoms with Gasteiger partial charge in [-0.1, -0.05) is 0 Å². The molecule has 1 amide bonds. The van der Waals surface area contributed by atoms with E-state index in [4.69, 9.17) is 4.74 Å². The molecule has 6 nitrogen and oxygen atoms in total. The van der Waals surface area contributed by atoms with Gasteiger partial charge in [0, 0.05) is 12.4 Å². The number of aromatic amines is 1. The fourth-order valence-electron chi connectivity index (χ4n) is 1.52. The highest BCUT2D eigenvalue weighted by Crippen LogP contribution is 2.14. The molecule has 2 N–H and O–H groups in total. The van der Waals surface area contributed by atoms with Crippen LogP contribution < -0.4 is 5.32 Å². The van der Waals surface area contributed by atoms with Crippen LogP contribution in [0.2, 0.25) is 0 Å². The van der Waals surface area contributed by atoms with Crippen LogP contribution in [0.3, 0.4) is 0 Å². The molecule has 2 aromatic rings. The molecule has 2 aromatic heterocycles. The van der Waals surface area contributed by atoms with E-state index in [1.807, 2.05) is 0 Å². The number of anilines is 1. The third kappa shape index (κ3) is 2.98. The summed E-state index contributed by atoms with van der Waals surface area (Å²) < 4.78 is 4.90. The number of hydrogen-bond acceptors (Lipinski definition) is 4. The Hall–Kier alpha value is -2.63. The topological polar surface area (TPSA) is 84.1 Å². The highest BCUT2D eigenvalue weighted by Gasteiger charge is 2.16. The molecule has 0 saturated heterocycles. The summed E-state index contributed by atoms with van der Waals surface area (Å²) >= 11 is 0. The minimum Gasteiger partial charge on any atom is -0.462 e. The van der Waals surface area contributed by atoms with Gasteiger partial charge in [0.15, 0.2) is 0 Å². The van der Waals surface area contributed by atoms with Crippen LogP contribution in [-0.2, 0) is 4.74 Å². The maximum atomic E-state index is 11.9. The van der Waals surface area contributed by atoms with Crippen LogP contribution in [-0.4, -0.2) is 28.5 Å². The number of rotatable bonds is 4. The van der Waals surface area contributed by atoms with Crippen LogP contribution in [0.1, 0.15) is 27.8 Å². The van der Waals surface area contributed by atoms with Gasteiger partial charge in [0.05, 0.1) is 6.61 Å². The van der Waals surface area contributed by atoms with E-state index < -0.39 is 5.97 Å². The molecule has 0 aliphatic carbocycles. The van der Waals surface area contributed by atoms with E-state index in [9.17, 15) is 9.59 Å². The quantitative estimate of drug-likeness (QED) is 0.820. The normalized spacial score (nSPS) is 9.95. The first-order valence-electron chi connectivity index (χ1n) is 5.79. The molecule has 0 unspecified atom stereocenters. The summed E-state index contributed by atoms with van der Waals surface area (Å²) in [6, 6.07) is 6.49. The maximum Gasteiger partial charge on any atom is 0.341 e. The zero-order valence-electron chi connectivity index (χ0n) is 10.3. The lowest BCUT2D eigenvalue weighted by molar-refractivity contribution is 0.0527. The molecule has 0 saturated carbocycles. The lowest BCUT2D eigenvalue weighted by Gasteiger charge is -2.08. The molecule has 0 aliphatic rings. The van der Waals surface area contributed by atoms with Gasteiger partial charge in [0.25, 0.3) is 5.91 Å². The van der Waals surface area contributed by atoms with Crippen LogP contribution in [0, 0.1) is 0 Å². The van der Waals surface area contributed by atoms with Crippen molar-refractivity contribution in [2.24, 2.45) is 0 Å². The molecule has 0 radical (unpaired) electrons.